The monoisotopic (exact) mass is 416 g/mol. The fraction of sp³-hybridized carbons (Fsp3) is 0.300. The number of esters is 1. The van der Waals surface area contributed by atoms with Crippen LogP contribution in [0, 0.1) is 0 Å². The van der Waals surface area contributed by atoms with Gasteiger partial charge in [0, 0.05) is 13.1 Å². The van der Waals surface area contributed by atoms with Crippen LogP contribution in [-0.4, -0.2) is 36.8 Å². The molecule has 146 valence electrons. The van der Waals surface area contributed by atoms with E-state index in [9.17, 15) is 13.2 Å². The third-order valence-corrected chi connectivity index (χ3v) is 7.63. The second-order valence-corrected chi connectivity index (χ2v) is 9.69. The molecule has 0 N–H and O–H groups in total. The SMILES string of the molecule is O=C(OCc1nc2ccccc2s1)c1ccc(S(=O)(=O)N2CCCCC2)cc1. The van der Waals surface area contributed by atoms with Crippen molar-refractivity contribution < 1.29 is 17.9 Å². The average Bonchev–Trinajstić information content (AvgIpc) is 3.16. The molecule has 0 radical (unpaired) electrons. The highest BCUT2D eigenvalue weighted by atomic mass is 32.2. The van der Waals surface area contributed by atoms with Crippen molar-refractivity contribution in [1.82, 2.24) is 9.29 Å². The smallest absolute Gasteiger partial charge is 0.338 e. The second-order valence-electron chi connectivity index (χ2n) is 6.64. The Labute approximate surface area is 167 Å². The van der Waals surface area contributed by atoms with Crippen LogP contribution < -0.4 is 0 Å². The van der Waals surface area contributed by atoms with Gasteiger partial charge in [0.1, 0.15) is 11.6 Å². The van der Waals surface area contributed by atoms with Gasteiger partial charge in [-0.25, -0.2) is 18.2 Å². The van der Waals surface area contributed by atoms with Gasteiger partial charge in [0.25, 0.3) is 0 Å². The number of thiazole rings is 1. The van der Waals surface area contributed by atoms with Gasteiger partial charge in [-0.2, -0.15) is 4.31 Å². The molecule has 0 atom stereocenters. The number of fused-ring (bicyclic) bond motifs is 1. The minimum Gasteiger partial charge on any atom is -0.455 e. The van der Waals surface area contributed by atoms with Gasteiger partial charge in [0.15, 0.2) is 0 Å². The summed E-state index contributed by atoms with van der Waals surface area (Å²) in [5.41, 5.74) is 1.20. The molecular weight excluding hydrogens is 396 g/mol. The van der Waals surface area contributed by atoms with Crippen LogP contribution >= 0.6 is 11.3 Å². The Morgan fingerprint density at radius 1 is 1.04 bits per heavy atom. The third-order valence-electron chi connectivity index (χ3n) is 4.71. The Hall–Kier alpha value is -2.29. The number of sulfonamides is 1. The molecule has 2 aromatic carbocycles. The molecule has 1 fully saturated rings. The van der Waals surface area contributed by atoms with Crippen LogP contribution in [0.25, 0.3) is 10.2 Å². The maximum absolute atomic E-state index is 12.7. The number of piperidine rings is 1. The van der Waals surface area contributed by atoms with Crippen LogP contribution in [0.2, 0.25) is 0 Å². The summed E-state index contributed by atoms with van der Waals surface area (Å²) in [5, 5.41) is 0.721. The van der Waals surface area contributed by atoms with Gasteiger partial charge in [-0.15, -0.1) is 11.3 Å². The molecular formula is C20H20N2O4S2. The van der Waals surface area contributed by atoms with Crippen molar-refractivity contribution in [2.45, 2.75) is 30.8 Å². The van der Waals surface area contributed by atoms with E-state index < -0.39 is 16.0 Å². The normalized spacial score (nSPS) is 15.6. The molecule has 1 aliphatic rings. The number of nitrogens with zero attached hydrogens (tertiary/aromatic N) is 2. The topological polar surface area (TPSA) is 76.6 Å². The van der Waals surface area contributed by atoms with Gasteiger partial charge in [0.2, 0.25) is 10.0 Å². The summed E-state index contributed by atoms with van der Waals surface area (Å²) in [6.45, 7) is 1.19. The molecule has 8 heteroatoms. The van der Waals surface area contributed by atoms with E-state index in [2.05, 4.69) is 4.98 Å². The van der Waals surface area contributed by atoms with Gasteiger partial charge < -0.3 is 4.74 Å². The first-order valence-corrected chi connectivity index (χ1v) is 11.4. The maximum Gasteiger partial charge on any atom is 0.338 e. The summed E-state index contributed by atoms with van der Waals surface area (Å²) >= 11 is 1.48. The highest BCUT2D eigenvalue weighted by molar-refractivity contribution is 7.89. The largest absolute Gasteiger partial charge is 0.455 e. The Morgan fingerprint density at radius 2 is 1.75 bits per heavy atom. The summed E-state index contributed by atoms with van der Waals surface area (Å²) in [4.78, 5) is 16.9. The molecule has 0 amide bonds. The molecule has 1 aliphatic heterocycles. The molecule has 2 heterocycles. The van der Waals surface area contributed by atoms with Crippen LogP contribution in [0.1, 0.15) is 34.6 Å². The predicted octanol–water partition coefficient (Wildman–Crippen LogP) is 3.83. The first kappa shape index (κ1) is 19.0. The fourth-order valence-corrected chi connectivity index (χ4v) is 5.61. The third kappa shape index (κ3) is 3.94. The van der Waals surface area contributed by atoms with Crippen LogP contribution in [0.15, 0.2) is 53.4 Å². The molecule has 0 aliphatic carbocycles. The Kier molecular flexibility index (Phi) is 5.43. The minimum absolute atomic E-state index is 0.0893. The zero-order valence-electron chi connectivity index (χ0n) is 15.2. The number of benzene rings is 2. The number of rotatable bonds is 5. The zero-order chi connectivity index (χ0) is 19.6. The van der Waals surface area contributed by atoms with Crippen molar-refractivity contribution in [2.24, 2.45) is 0 Å². The first-order chi connectivity index (χ1) is 13.5. The molecule has 0 spiro atoms. The van der Waals surface area contributed by atoms with Crippen molar-refractivity contribution in [3.63, 3.8) is 0 Å². The number of hydrogen-bond acceptors (Lipinski definition) is 6. The molecule has 0 saturated carbocycles. The van der Waals surface area contributed by atoms with Crippen molar-refractivity contribution in [3.8, 4) is 0 Å². The Balaban J connectivity index is 1.42. The lowest BCUT2D eigenvalue weighted by atomic mass is 10.2. The Morgan fingerprint density at radius 3 is 2.46 bits per heavy atom. The summed E-state index contributed by atoms with van der Waals surface area (Å²) < 4.78 is 33.2. The number of carbonyl (C=O) groups is 1. The van der Waals surface area contributed by atoms with E-state index in [4.69, 9.17) is 4.74 Å². The molecule has 6 nitrogen and oxygen atoms in total. The summed E-state index contributed by atoms with van der Waals surface area (Å²) in [6, 6.07) is 13.7. The second kappa shape index (κ2) is 7.98. The quantitative estimate of drug-likeness (QED) is 0.591. The molecule has 4 rings (SSSR count). The van der Waals surface area contributed by atoms with Crippen LogP contribution in [-0.2, 0) is 21.4 Å². The standard InChI is InChI=1S/C20H20N2O4S2/c23-20(26-14-19-21-17-6-2-3-7-18(17)27-19)15-8-10-16(11-9-15)28(24,25)22-12-4-1-5-13-22/h2-3,6-11H,1,4-5,12-14H2. The zero-order valence-corrected chi connectivity index (χ0v) is 16.8. The predicted molar refractivity (Wildman–Crippen MR) is 108 cm³/mol. The van der Waals surface area contributed by atoms with Gasteiger partial charge in [0.05, 0.1) is 20.7 Å². The first-order valence-electron chi connectivity index (χ1n) is 9.16. The van der Waals surface area contributed by atoms with Crippen molar-refractivity contribution in [1.29, 1.82) is 0 Å². The lowest BCUT2D eigenvalue weighted by Crippen LogP contribution is -2.35. The van der Waals surface area contributed by atoms with Gasteiger partial charge in [-0.05, 0) is 49.2 Å². The van der Waals surface area contributed by atoms with E-state index in [0.717, 1.165) is 34.5 Å². The lowest BCUT2D eigenvalue weighted by Gasteiger charge is -2.25. The van der Waals surface area contributed by atoms with Crippen molar-refractivity contribution in [2.75, 3.05) is 13.1 Å². The summed E-state index contributed by atoms with van der Waals surface area (Å²) in [7, 11) is -3.50. The molecule has 1 saturated heterocycles. The van der Waals surface area contributed by atoms with E-state index in [0.29, 0.717) is 18.7 Å². The number of carbonyl (C=O) groups excluding carboxylic acids is 1. The lowest BCUT2D eigenvalue weighted by molar-refractivity contribution is 0.0472. The fourth-order valence-electron chi connectivity index (χ4n) is 3.21. The molecule has 1 aromatic heterocycles. The van der Waals surface area contributed by atoms with E-state index in [1.807, 2.05) is 24.3 Å². The van der Waals surface area contributed by atoms with Gasteiger partial charge in [-0.3, -0.25) is 0 Å². The highest BCUT2D eigenvalue weighted by Crippen LogP contribution is 2.23. The van der Waals surface area contributed by atoms with E-state index >= 15 is 0 Å². The summed E-state index contributed by atoms with van der Waals surface area (Å²) in [5.74, 6) is -0.499. The number of ether oxygens (including phenoxy) is 1. The molecule has 0 unspecified atom stereocenters. The van der Waals surface area contributed by atoms with Gasteiger partial charge >= 0.3 is 5.97 Å². The highest BCUT2D eigenvalue weighted by Gasteiger charge is 2.26. The molecule has 28 heavy (non-hydrogen) atoms. The van der Waals surface area contributed by atoms with Crippen LogP contribution in [0.3, 0.4) is 0 Å². The van der Waals surface area contributed by atoms with Crippen molar-refractivity contribution >= 4 is 37.5 Å². The molecule has 3 aromatic rings. The van der Waals surface area contributed by atoms with Gasteiger partial charge in [-0.1, -0.05) is 18.6 Å². The van der Waals surface area contributed by atoms with E-state index in [1.165, 1.54) is 39.9 Å². The summed E-state index contributed by atoms with van der Waals surface area (Å²) in [6.07, 6.45) is 2.83. The maximum atomic E-state index is 12.7. The van der Waals surface area contributed by atoms with Crippen LogP contribution in [0.4, 0.5) is 0 Å². The minimum atomic E-state index is -3.50. The van der Waals surface area contributed by atoms with Crippen LogP contribution in [0.5, 0.6) is 0 Å². The van der Waals surface area contributed by atoms with E-state index in [-0.39, 0.29) is 11.5 Å². The number of aromatic nitrogens is 1. The van der Waals surface area contributed by atoms with E-state index in [1.54, 1.807) is 0 Å². The molecule has 0 bridgehead atoms. The van der Waals surface area contributed by atoms with Crippen molar-refractivity contribution in [3.05, 3.63) is 59.1 Å². The Bertz CT molecular complexity index is 1050. The number of para-hydroxylation sites is 1. The average molecular weight is 417 g/mol. The number of hydrogen-bond donors (Lipinski definition) is 0.